The zero-order valence-corrected chi connectivity index (χ0v) is 10.5. The van der Waals surface area contributed by atoms with Crippen LogP contribution in [0.25, 0.3) is 0 Å². The number of aromatic nitrogens is 1. The lowest BCUT2D eigenvalue weighted by atomic mass is 10.1. The van der Waals surface area contributed by atoms with Crippen molar-refractivity contribution in [1.82, 2.24) is 9.88 Å². The standard InChI is InChI=1S/C13H22N2O/c1-4-7-14-9-11(2)10-15-8-5-6-12(3)13(15)16/h5-6,8,11,14H,4,7,9-10H2,1-3H3. The fourth-order valence-corrected chi connectivity index (χ4v) is 1.73. The predicted octanol–water partition coefficient (Wildman–Crippen LogP) is 1.79. The molecule has 1 unspecified atom stereocenters. The first-order valence-electron chi connectivity index (χ1n) is 6.02. The molecule has 1 heterocycles. The lowest BCUT2D eigenvalue weighted by Crippen LogP contribution is -2.29. The summed E-state index contributed by atoms with van der Waals surface area (Å²) in [5.74, 6) is 0.478. The van der Waals surface area contributed by atoms with Crippen molar-refractivity contribution in [3.8, 4) is 0 Å². The van der Waals surface area contributed by atoms with Crippen molar-refractivity contribution in [1.29, 1.82) is 0 Å². The zero-order valence-electron chi connectivity index (χ0n) is 10.5. The number of nitrogens with one attached hydrogen (secondary N) is 1. The van der Waals surface area contributed by atoms with Gasteiger partial charge in [-0.05, 0) is 38.4 Å². The molecule has 0 aliphatic carbocycles. The minimum atomic E-state index is 0.129. The van der Waals surface area contributed by atoms with Gasteiger partial charge in [-0.1, -0.05) is 19.9 Å². The van der Waals surface area contributed by atoms with Crippen LogP contribution in [-0.2, 0) is 6.54 Å². The maximum absolute atomic E-state index is 11.8. The monoisotopic (exact) mass is 222 g/mol. The summed E-state index contributed by atoms with van der Waals surface area (Å²) in [5, 5.41) is 3.37. The van der Waals surface area contributed by atoms with Gasteiger partial charge < -0.3 is 9.88 Å². The second-order valence-electron chi connectivity index (χ2n) is 4.46. The van der Waals surface area contributed by atoms with E-state index in [1.165, 1.54) is 0 Å². The van der Waals surface area contributed by atoms with E-state index in [9.17, 15) is 4.79 Å². The lowest BCUT2D eigenvalue weighted by molar-refractivity contribution is 0.438. The highest BCUT2D eigenvalue weighted by molar-refractivity contribution is 5.07. The quantitative estimate of drug-likeness (QED) is 0.745. The van der Waals surface area contributed by atoms with Gasteiger partial charge in [0.15, 0.2) is 0 Å². The van der Waals surface area contributed by atoms with Crippen LogP contribution < -0.4 is 10.9 Å². The van der Waals surface area contributed by atoms with Gasteiger partial charge in [-0.2, -0.15) is 0 Å². The summed E-state index contributed by atoms with van der Waals surface area (Å²) in [7, 11) is 0. The number of aryl methyl sites for hydroxylation is 1. The molecule has 0 saturated carbocycles. The molecule has 1 aromatic heterocycles. The summed E-state index contributed by atoms with van der Waals surface area (Å²) < 4.78 is 1.80. The molecule has 0 aliphatic rings. The van der Waals surface area contributed by atoms with Crippen molar-refractivity contribution < 1.29 is 0 Å². The third kappa shape index (κ3) is 3.81. The van der Waals surface area contributed by atoms with E-state index >= 15 is 0 Å². The minimum Gasteiger partial charge on any atom is -0.316 e. The largest absolute Gasteiger partial charge is 0.316 e. The summed E-state index contributed by atoms with van der Waals surface area (Å²) >= 11 is 0. The molecular formula is C13H22N2O. The van der Waals surface area contributed by atoms with Crippen molar-refractivity contribution in [2.24, 2.45) is 5.92 Å². The molecule has 0 fully saturated rings. The Morgan fingerprint density at radius 3 is 2.94 bits per heavy atom. The molecule has 0 spiro atoms. The van der Waals surface area contributed by atoms with Gasteiger partial charge in [0.1, 0.15) is 0 Å². The molecule has 3 nitrogen and oxygen atoms in total. The van der Waals surface area contributed by atoms with Crippen molar-refractivity contribution in [3.63, 3.8) is 0 Å². The van der Waals surface area contributed by atoms with E-state index in [0.29, 0.717) is 5.92 Å². The van der Waals surface area contributed by atoms with Crippen LogP contribution in [0.15, 0.2) is 23.1 Å². The number of nitrogens with zero attached hydrogens (tertiary/aromatic N) is 1. The molecule has 90 valence electrons. The molecule has 0 aromatic carbocycles. The van der Waals surface area contributed by atoms with Crippen LogP contribution in [0.2, 0.25) is 0 Å². The van der Waals surface area contributed by atoms with E-state index in [-0.39, 0.29) is 5.56 Å². The molecule has 1 rings (SSSR count). The van der Waals surface area contributed by atoms with Crippen molar-refractivity contribution >= 4 is 0 Å². The fraction of sp³-hybridized carbons (Fsp3) is 0.615. The maximum Gasteiger partial charge on any atom is 0.253 e. The van der Waals surface area contributed by atoms with Crippen LogP contribution >= 0.6 is 0 Å². The highest BCUT2D eigenvalue weighted by Gasteiger charge is 2.04. The number of rotatable bonds is 6. The third-order valence-corrected chi connectivity index (χ3v) is 2.64. The molecular weight excluding hydrogens is 200 g/mol. The summed E-state index contributed by atoms with van der Waals surface area (Å²) in [6.07, 6.45) is 3.02. The Morgan fingerprint density at radius 1 is 1.50 bits per heavy atom. The summed E-state index contributed by atoms with van der Waals surface area (Å²) in [6, 6.07) is 3.79. The average molecular weight is 222 g/mol. The first-order valence-corrected chi connectivity index (χ1v) is 6.02. The minimum absolute atomic E-state index is 0.129. The molecule has 1 atom stereocenters. The second kappa shape index (κ2) is 6.48. The van der Waals surface area contributed by atoms with Gasteiger partial charge in [0.2, 0.25) is 0 Å². The van der Waals surface area contributed by atoms with Crippen LogP contribution in [-0.4, -0.2) is 17.7 Å². The summed E-state index contributed by atoms with van der Waals surface area (Å²) in [6.45, 7) is 8.98. The van der Waals surface area contributed by atoms with Gasteiger partial charge in [0.05, 0.1) is 0 Å². The molecule has 3 heteroatoms. The molecule has 1 N–H and O–H groups in total. The van der Waals surface area contributed by atoms with E-state index in [2.05, 4.69) is 19.2 Å². The summed E-state index contributed by atoms with van der Waals surface area (Å²) in [4.78, 5) is 11.8. The van der Waals surface area contributed by atoms with Crippen molar-refractivity contribution in [2.75, 3.05) is 13.1 Å². The average Bonchev–Trinajstić information content (AvgIpc) is 2.25. The van der Waals surface area contributed by atoms with Crippen LogP contribution in [0, 0.1) is 12.8 Å². The Balaban J connectivity index is 2.53. The van der Waals surface area contributed by atoms with E-state index in [0.717, 1.165) is 31.6 Å². The Kier molecular flexibility index (Phi) is 5.26. The maximum atomic E-state index is 11.8. The smallest absolute Gasteiger partial charge is 0.253 e. The van der Waals surface area contributed by atoms with Gasteiger partial charge in [0.25, 0.3) is 5.56 Å². The van der Waals surface area contributed by atoms with Gasteiger partial charge >= 0.3 is 0 Å². The van der Waals surface area contributed by atoms with Crippen LogP contribution in [0.5, 0.6) is 0 Å². The predicted molar refractivity (Wildman–Crippen MR) is 67.8 cm³/mol. The number of hydrogen-bond acceptors (Lipinski definition) is 2. The van der Waals surface area contributed by atoms with Crippen LogP contribution in [0.3, 0.4) is 0 Å². The molecule has 16 heavy (non-hydrogen) atoms. The fourth-order valence-electron chi connectivity index (χ4n) is 1.73. The lowest BCUT2D eigenvalue weighted by Gasteiger charge is -2.14. The Hall–Kier alpha value is -1.09. The van der Waals surface area contributed by atoms with Gasteiger partial charge in [-0.15, -0.1) is 0 Å². The highest BCUT2D eigenvalue weighted by atomic mass is 16.1. The zero-order chi connectivity index (χ0) is 12.0. The normalized spacial score (nSPS) is 12.7. The number of hydrogen-bond donors (Lipinski definition) is 1. The van der Waals surface area contributed by atoms with E-state index in [4.69, 9.17) is 0 Å². The van der Waals surface area contributed by atoms with E-state index < -0.39 is 0 Å². The van der Waals surface area contributed by atoms with E-state index in [1.54, 1.807) is 4.57 Å². The Bertz CT molecular complexity index is 370. The Labute approximate surface area is 97.5 Å². The van der Waals surface area contributed by atoms with Gasteiger partial charge in [0, 0.05) is 18.3 Å². The highest BCUT2D eigenvalue weighted by Crippen LogP contribution is 1.98. The van der Waals surface area contributed by atoms with Gasteiger partial charge in [-0.3, -0.25) is 4.79 Å². The van der Waals surface area contributed by atoms with E-state index in [1.807, 2.05) is 25.3 Å². The molecule has 0 saturated heterocycles. The number of pyridine rings is 1. The topological polar surface area (TPSA) is 34.0 Å². The molecule has 1 aromatic rings. The second-order valence-corrected chi connectivity index (χ2v) is 4.46. The van der Waals surface area contributed by atoms with Crippen LogP contribution in [0.1, 0.15) is 25.8 Å². The Morgan fingerprint density at radius 2 is 2.25 bits per heavy atom. The van der Waals surface area contributed by atoms with Crippen molar-refractivity contribution in [2.45, 2.75) is 33.7 Å². The molecule has 0 amide bonds. The summed E-state index contributed by atoms with van der Waals surface area (Å²) in [5.41, 5.74) is 0.945. The van der Waals surface area contributed by atoms with Crippen LogP contribution in [0.4, 0.5) is 0 Å². The first-order chi connectivity index (χ1) is 7.65. The van der Waals surface area contributed by atoms with Gasteiger partial charge in [-0.25, -0.2) is 0 Å². The molecule has 0 bridgehead atoms. The third-order valence-electron chi connectivity index (χ3n) is 2.64. The SMILES string of the molecule is CCCNCC(C)Cn1cccc(C)c1=O. The molecule has 0 aliphatic heterocycles. The first kappa shape index (κ1) is 13.0. The van der Waals surface area contributed by atoms with Crippen molar-refractivity contribution in [3.05, 3.63) is 34.2 Å². The molecule has 0 radical (unpaired) electrons.